The van der Waals surface area contributed by atoms with Crippen LogP contribution in [0, 0.1) is 0 Å². The Balaban J connectivity index is 2.18. The maximum Gasteiger partial charge on any atom is 0.244 e. The predicted molar refractivity (Wildman–Crippen MR) is 73.8 cm³/mol. The number of alkyl halides is 1. The number of ether oxygens (including phenoxy) is 1. The van der Waals surface area contributed by atoms with E-state index in [0.717, 1.165) is 18.5 Å². The van der Waals surface area contributed by atoms with Crippen LogP contribution < -0.4 is 0 Å². The lowest BCUT2D eigenvalue weighted by molar-refractivity contribution is 0.0604. The van der Waals surface area contributed by atoms with E-state index in [2.05, 4.69) is 0 Å². The van der Waals surface area contributed by atoms with Crippen LogP contribution in [-0.2, 0) is 27.7 Å². The maximum absolute atomic E-state index is 12.5. The van der Waals surface area contributed by atoms with E-state index in [1.54, 1.807) is 31.0 Å². The van der Waals surface area contributed by atoms with E-state index in [1.807, 2.05) is 0 Å². The molecule has 0 aromatic carbocycles. The third-order valence-electron chi connectivity index (χ3n) is 3.59. The van der Waals surface area contributed by atoms with Crippen LogP contribution in [0.2, 0.25) is 0 Å². The molecule has 0 amide bonds. The van der Waals surface area contributed by atoms with Crippen molar-refractivity contribution in [3.63, 3.8) is 0 Å². The molecule has 0 saturated carbocycles. The molecule has 1 aromatic rings. The van der Waals surface area contributed by atoms with E-state index in [-0.39, 0.29) is 6.10 Å². The SMILES string of the molecule is COC1CCN(S(=O)(=O)c2cc(CCl)n(C)c2)CC1. The van der Waals surface area contributed by atoms with Crippen LogP contribution in [-0.4, -0.2) is 43.6 Å². The molecule has 0 spiro atoms. The number of hydrogen-bond acceptors (Lipinski definition) is 3. The molecule has 0 aliphatic carbocycles. The molecule has 7 heteroatoms. The normalized spacial score (nSPS) is 18.9. The van der Waals surface area contributed by atoms with Crippen LogP contribution >= 0.6 is 11.6 Å². The summed E-state index contributed by atoms with van der Waals surface area (Å²) in [6.45, 7) is 1.01. The minimum Gasteiger partial charge on any atom is -0.381 e. The number of hydrogen-bond donors (Lipinski definition) is 0. The molecule has 1 aliphatic heterocycles. The van der Waals surface area contributed by atoms with Gasteiger partial charge < -0.3 is 9.30 Å². The highest BCUT2D eigenvalue weighted by molar-refractivity contribution is 7.89. The Morgan fingerprint density at radius 1 is 1.42 bits per heavy atom. The second-order valence-electron chi connectivity index (χ2n) is 4.75. The highest BCUT2D eigenvalue weighted by Crippen LogP contribution is 2.23. The van der Waals surface area contributed by atoms with Gasteiger partial charge in [-0.3, -0.25) is 0 Å². The molecule has 1 saturated heterocycles. The van der Waals surface area contributed by atoms with Gasteiger partial charge in [0.25, 0.3) is 0 Å². The highest BCUT2D eigenvalue weighted by Gasteiger charge is 2.30. The smallest absolute Gasteiger partial charge is 0.244 e. The Morgan fingerprint density at radius 3 is 2.53 bits per heavy atom. The van der Waals surface area contributed by atoms with Crippen LogP contribution in [0.25, 0.3) is 0 Å². The Bertz CT molecular complexity index is 533. The minimum atomic E-state index is -3.41. The molecule has 0 N–H and O–H groups in total. The summed E-state index contributed by atoms with van der Waals surface area (Å²) in [6, 6.07) is 1.64. The summed E-state index contributed by atoms with van der Waals surface area (Å²) >= 11 is 5.77. The van der Waals surface area contributed by atoms with Crippen molar-refractivity contribution in [2.45, 2.75) is 29.7 Å². The van der Waals surface area contributed by atoms with E-state index in [1.165, 1.54) is 4.31 Å². The molecule has 19 heavy (non-hydrogen) atoms. The molecule has 1 fully saturated rings. The average molecular weight is 307 g/mol. The van der Waals surface area contributed by atoms with Crippen molar-refractivity contribution in [2.24, 2.45) is 7.05 Å². The second kappa shape index (κ2) is 5.83. The van der Waals surface area contributed by atoms with E-state index in [9.17, 15) is 8.42 Å². The van der Waals surface area contributed by atoms with Crippen LogP contribution in [0.15, 0.2) is 17.2 Å². The van der Waals surface area contributed by atoms with Gasteiger partial charge in [0, 0.05) is 39.1 Å². The van der Waals surface area contributed by atoms with E-state index in [0.29, 0.717) is 23.9 Å². The summed E-state index contributed by atoms with van der Waals surface area (Å²) < 4.78 is 33.5. The zero-order valence-electron chi connectivity index (χ0n) is 11.2. The zero-order chi connectivity index (χ0) is 14.0. The van der Waals surface area contributed by atoms with Crippen molar-refractivity contribution in [3.05, 3.63) is 18.0 Å². The number of rotatable bonds is 4. The first-order valence-corrected chi connectivity index (χ1v) is 8.20. The van der Waals surface area contributed by atoms with Crippen molar-refractivity contribution in [3.8, 4) is 0 Å². The first-order chi connectivity index (χ1) is 8.98. The topological polar surface area (TPSA) is 51.5 Å². The Labute approximate surface area is 119 Å². The van der Waals surface area contributed by atoms with Gasteiger partial charge in [-0.1, -0.05) is 0 Å². The summed E-state index contributed by atoms with van der Waals surface area (Å²) in [5.41, 5.74) is 0.798. The number of sulfonamides is 1. The van der Waals surface area contributed by atoms with Crippen molar-refractivity contribution >= 4 is 21.6 Å². The summed E-state index contributed by atoms with van der Waals surface area (Å²) in [5, 5.41) is 0. The van der Waals surface area contributed by atoms with Gasteiger partial charge in [-0.05, 0) is 18.9 Å². The van der Waals surface area contributed by atoms with Gasteiger partial charge in [-0.25, -0.2) is 8.42 Å². The molecule has 108 valence electrons. The van der Waals surface area contributed by atoms with E-state index in [4.69, 9.17) is 16.3 Å². The number of halogens is 1. The Morgan fingerprint density at radius 2 is 2.05 bits per heavy atom. The number of nitrogens with zero attached hydrogens (tertiary/aromatic N) is 2. The fourth-order valence-electron chi connectivity index (χ4n) is 2.31. The summed E-state index contributed by atoms with van der Waals surface area (Å²) in [7, 11) is 0.0578. The Hall–Kier alpha value is -0.560. The molecular weight excluding hydrogens is 288 g/mol. The number of aromatic nitrogens is 1. The molecular formula is C12H19ClN2O3S. The maximum atomic E-state index is 12.5. The number of aryl methyl sites for hydroxylation is 1. The lowest BCUT2D eigenvalue weighted by Gasteiger charge is -2.30. The fourth-order valence-corrected chi connectivity index (χ4v) is 4.14. The van der Waals surface area contributed by atoms with Crippen LogP contribution in [0.4, 0.5) is 0 Å². The third kappa shape index (κ3) is 2.97. The monoisotopic (exact) mass is 306 g/mol. The van der Waals surface area contributed by atoms with Crippen LogP contribution in [0.5, 0.6) is 0 Å². The molecule has 1 aromatic heterocycles. The average Bonchev–Trinajstić information content (AvgIpc) is 2.81. The standard InChI is InChI=1S/C12H19ClN2O3S/c1-14-9-12(7-10(14)8-13)19(16,17)15-5-3-11(18-2)4-6-15/h7,9,11H,3-6,8H2,1-2H3. The van der Waals surface area contributed by atoms with Gasteiger partial charge in [0.05, 0.1) is 12.0 Å². The molecule has 2 rings (SSSR count). The van der Waals surface area contributed by atoms with E-state index < -0.39 is 10.0 Å². The summed E-state index contributed by atoms with van der Waals surface area (Å²) in [5.74, 6) is 0.303. The van der Waals surface area contributed by atoms with Gasteiger partial charge in [0.1, 0.15) is 4.90 Å². The minimum absolute atomic E-state index is 0.167. The Kier molecular flexibility index (Phi) is 4.55. The molecule has 2 heterocycles. The van der Waals surface area contributed by atoms with Gasteiger partial charge in [-0.15, -0.1) is 11.6 Å². The predicted octanol–water partition coefficient (Wildman–Crippen LogP) is 1.56. The fraction of sp³-hybridized carbons (Fsp3) is 0.667. The van der Waals surface area contributed by atoms with Gasteiger partial charge >= 0.3 is 0 Å². The van der Waals surface area contributed by atoms with Crippen LogP contribution in [0.1, 0.15) is 18.5 Å². The van der Waals surface area contributed by atoms with Crippen molar-refractivity contribution in [1.29, 1.82) is 0 Å². The molecule has 1 aliphatic rings. The van der Waals surface area contributed by atoms with Crippen molar-refractivity contribution in [1.82, 2.24) is 8.87 Å². The van der Waals surface area contributed by atoms with Crippen molar-refractivity contribution in [2.75, 3.05) is 20.2 Å². The van der Waals surface area contributed by atoms with Gasteiger partial charge in [-0.2, -0.15) is 4.31 Å². The highest BCUT2D eigenvalue weighted by atomic mass is 35.5. The molecule has 0 atom stereocenters. The summed E-state index contributed by atoms with van der Waals surface area (Å²) in [6.07, 6.45) is 3.27. The zero-order valence-corrected chi connectivity index (χ0v) is 12.7. The molecule has 0 unspecified atom stereocenters. The van der Waals surface area contributed by atoms with Gasteiger partial charge in [0.2, 0.25) is 10.0 Å². The summed E-state index contributed by atoms with van der Waals surface area (Å²) in [4.78, 5) is 0.321. The lowest BCUT2D eigenvalue weighted by Crippen LogP contribution is -2.40. The van der Waals surface area contributed by atoms with Crippen LogP contribution in [0.3, 0.4) is 0 Å². The van der Waals surface area contributed by atoms with Gasteiger partial charge in [0.15, 0.2) is 0 Å². The first-order valence-electron chi connectivity index (χ1n) is 6.23. The molecule has 5 nitrogen and oxygen atoms in total. The molecule has 0 bridgehead atoms. The largest absolute Gasteiger partial charge is 0.381 e. The second-order valence-corrected chi connectivity index (χ2v) is 6.96. The number of methoxy groups -OCH3 is 1. The number of piperidine rings is 1. The third-order valence-corrected chi connectivity index (χ3v) is 5.73. The van der Waals surface area contributed by atoms with Crippen molar-refractivity contribution < 1.29 is 13.2 Å². The first kappa shape index (κ1) is 14.8. The molecule has 0 radical (unpaired) electrons. The van der Waals surface area contributed by atoms with E-state index >= 15 is 0 Å². The quantitative estimate of drug-likeness (QED) is 0.793. The lowest BCUT2D eigenvalue weighted by atomic mass is 10.1.